The number of carbonyl (C=O) groups excluding carboxylic acids is 2. The summed E-state index contributed by atoms with van der Waals surface area (Å²) in [5.74, 6) is -0.527. The van der Waals surface area contributed by atoms with Crippen LogP contribution in [0.2, 0.25) is 0 Å². The zero-order valence-electron chi connectivity index (χ0n) is 16.5. The fraction of sp³-hybridized carbons (Fsp3) is 0.316. The maximum Gasteiger partial charge on any atom is 0.355 e. The number of imide groups is 1. The topological polar surface area (TPSA) is 139 Å². The lowest BCUT2D eigenvalue weighted by molar-refractivity contribution is -0.158. The third-order valence-electron chi connectivity index (χ3n) is 4.75. The molecule has 10 nitrogen and oxygen atoms in total. The van der Waals surface area contributed by atoms with Crippen LogP contribution >= 0.6 is 0 Å². The maximum absolute atomic E-state index is 12.6. The number of rotatable bonds is 6. The van der Waals surface area contributed by atoms with Gasteiger partial charge in [0.15, 0.2) is 0 Å². The molecule has 3 rings (SSSR count). The van der Waals surface area contributed by atoms with Gasteiger partial charge in [-0.25, -0.2) is 9.89 Å². The molecule has 0 fully saturated rings. The number of aromatic amines is 1. The molecule has 0 radical (unpaired) electrons. The molecule has 0 aromatic carbocycles. The first-order chi connectivity index (χ1) is 14.0. The van der Waals surface area contributed by atoms with Gasteiger partial charge in [-0.2, -0.15) is 0 Å². The van der Waals surface area contributed by atoms with Crippen molar-refractivity contribution in [2.75, 3.05) is 18.2 Å². The summed E-state index contributed by atoms with van der Waals surface area (Å²) >= 11 is 0. The third kappa shape index (κ3) is 4.02. The molecule has 29 heavy (non-hydrogen) atoms. The van der Waals surface area contributed by atoms with Crippen molar-refractivity contribution in [3.8, 4) is 11.1 Å². The van der Waals surface area contributed by atoms with Gasteiger partial charge in [0.25, 0.3) is 5.91 Å². The van der Waals surface area contributed by atoms with Crippen molar-refractivity contribution in [2.24, 2.45) is 0 Å². The molecule has 0 aliphatic heterocycles. The summed E-state index contributed by atoms with van der Waals surface area (Å²) in [6.45, 7) is 4.14. The summed E-state index contributed by atoms with van der Waals surface area (Å²) in [5, 5.41) is 15.6. The van der Waals surface area contributed by atoms with Crippen molar-refractivity contribution < 1.29 is 14.4 Å². The minimum absolute atomic E-state index is 0.00601. The van der Waals surface area contributed by atoms with Crippen molar-refractivity contribution in [2.45, 2.75) is 33.1 Å². The molecule has 0 atom stereocenters. The van der Waals surface area contributed by atoms with E-state index in [1.165, 1.54) is 7.11 Å². The van der Waals surface area contributed by atoms with E-state index < -0.39 is 11.9 Å². The van der Waals surface area contributed by atoms with Gasteiger partial charge in [0, 0.05) is 5.69 Å². The average molecular weight is 397 g/mol. The summed E-state index contributed by atoms with van der Waals surface area (Å²) in [6.07, 6.45) is 1.63. The van der Waals surface area contributed by atoms with E-state index in [0.29, 0.717) is 5.06 Å². The molecule has 4 N–H and O–H groups in total. The number of nitrogens with zero attached hydrogens (tertiary/aromatic N) is 4. The van der Waals surface area contributed by atoms with E-state index in [0.717, 1.165) is 46.3 Å². The number of nitrogens with one attached hydrogen (secondary N) is 2. The highest BCUT2D eigenvalue weighted by molar-refractivity contribution is 5.99. The predicted octanol–water partition coefficient (Wildman–Crippen LogP) is 2.18. The Bertz CT molecular complexity index is 946. The second-order valence-electron chi connectivity index (χ2n) is 6.37. The van der Waals surface area contributed by atoms with Crippen LogP contribution in [0.4, 0.5) is 16.4 Å². The number of urea groups is 1. The molecule has 2 aliphatic carbocycles. The Morgan fingerprint density at radius 2 is 1.76 bits per heavy atom. The molecule has 0 saturated carbocycles. The van der Waals surface area contributed by atoms with E-state index in [9.17, 15) is 9.59 Å². The molecule has 0 bridgehead atoms. The number of carbonyl (C=O) groups is 2. The number of hydroxylamine groups is 2. The molecule has 152 valence electrons. The first-order valence-corrected chi connectivity index (χ1v) is 9.23. The summed E-state index contributed by atoms with van der Waals surface area (Å²) < 4.78 is 0. The van der Waals surface area contributed by atoms with Crippen LogP contribution in [0.3, 0.4) is 0 Å². The number of anilines is 2. The van der Waals surface area contributed by atoms with Crippen molar-refractivity contribution >= 4 is 23.6 Å². The van der Waals surface area contributed by atoms with Crippen LogP contribution in [0.5, 0.6) is 0 Å². The molecule has 1 heterocycles. The number of nitrogen functional groups attached to an aromatic ring is 1. The van der Waals surface area contributed by atoms with Crippen molar-refractivity contribution in [3.63, 3.8) is 0 Å². The fourth-order valence-corrected chi connectivity index (χ4v) is 3.40. The van der Waals surface area contributed by atoms with Gasteiger partial charge in [-0.3, -0.25) is 14.9 Å². The molecule has 0 unspecified atom stereocenters. The highest BCUT2D eigenvalue weighted by Crippen LogP contribution is 2.39. The van der Waals surface area contributed by atoms with Crippen LogP contribution in [-0.4, -0.2) is 44.7 Å². The highest BCUT2D eigenvalue weighted by Gasteiger charge is 2.23. The summed E-state index contributed by atoms with van der Waals surface area (Å²) in [6, 6.07) is 6.88. The first kappa shape index (κ1) is 20.2. The van der Waals surface area contributed by atoms with E-state index in [4.69, 9.17) is 10.6 Å². The minimum atomic E-state index is -0.801. The third-order valence-corrected chi connectivity index (χ3v) is 4.75. The average Bonchev–Trinajstić information content (AvgIpc) is 3.23. The lowest BCUT2D eigenvalue weighted by atomic mass is 10.1. The number of H-pyrrole nitrogens is 1. The van der Waals surface area contributed by atoms with Gasteiger partial charge in [0.1, 0.15) is 0 Å². The van der Waals surface area contributed by atoms with Gasteiger partial charge >= 0.3 is 6.03 Å². The SMILES string of the molecule is CCc1c2ccc(CC(=O)N(OC)C(=O)Nc3nnn[nH]3)ccc-2c(CC)c1N. The van der Waals surface area contributed by atoms with Gasteiger partial charge in [-0.05, 0) is 51.1 Å². The van der Waals surface area contributed by atoms with Crippen LogP contribution in [-0.2, 0) is 28.9 Å². The van der Waals surface area contributed by atoms with Crippen LogP contribution in [0.1, 0.15) is 30.5 Å². The van der Waals surface area contributed by atoms with Crippen LogP contribution in [0, 0.1) is 0 Å². The monoisotopic (exact) mass is 397 g/mol. The Kier molecular flexibility index (Phi) is 6.03. The van der Waals surface area contributed by atoms with Crippen molar-refractivity contribution in [1.82, 2.24) is 25.7 Å². The molecule has 10 heteroatoms. The van der Waals surface area contributed by atoms with Crippen LogP contribution in [0.15, 0.2) is 24.3 Å². The van der Waals surface area contributed by atoms with Gasteiger partial charge in [0.05, 0.1) is 13.5 Å². The Morgan fingerprint density at radius 1 is 1.14 bits per heavy atom. The van der Waals surface area contributed by atoms with Gasteiger partial charge in [-0.1, -0.05) is 43.2 Å². The molecule has 3 amide bonds. The lowest BCUT2D eigenvalue weighted by Crippen LogP contribution is -2.40. The number of hydrogen-bond donors (Lipinski definition) is 3. The standard InChI is InChI=1S/C19H23N7O3/c1-4-12-14-8-6-11(7-9-15(14)13(5-2)17(12)20)10-16(27)26(29-3)19(28)21-18-22-24-25-23-18/h6-9H,4-5,10,20H2,1-3H3,(H2,21,22,23,24,25,28). The van der Waals surface area contributed by atoms with E-state index in [1.807, 2.05) is 24.3 Å². The van der Waals surface area contributed by atoms with E-state index >= 15 is 0 Å². The molecule has 1 aromatic heterocycles. The minimum Gasteiger partial charge on any atom is -0.398 e. The number of aromatic nitrogens is 4. The van der Waals surface area contributed by atoms with Gasteiger partial charge < -0.3 is 5.73 Å². The second-order valence-corrected chi connectivity index (χ2v) is 6.37. The Hall–Kier alpha value is -3.53. The zero-order valence-corrected chi connectivity index (χ0v) is 16.5. The van der Waals surface area contributed by atoms with Gasteiger partial charge in [0.2, 0.25) is 5.95 Å². The van der Waals surface area contributed by atoms with E-state index in [-0.39, 0.29) is 12.4 Å². The molecule has 2 aliphatic rings. The van der Waals surface area contributed by atoms with Crippen LogP contribution < -0.4 is 11.1 Å². The summed E-state index contributed by atoms with van der Waals surface area (Å²) in [4.78, 5) is 29.8. The second kappa shape index (κ2) is 8.65. The molecular weight excluding hydrogens is 374 g/mol. The Balaban J connectivity index is 1.82. The number of tetrazole rings is 1. The highest BCUT2D eigenvalue weighted by atomic mass is 16.7. The zero-order chi connectivity index (χ0) is 21.0. The van der Waals surface area contributed by atoms with E-state index in [1.54, 1.807) is 0 Å². The number of hydrogen-bond acceptors (Lipinski definition) is 7. The number of nitrogens with two attached hydrogens (primary N) is 1. The normalized spacial score (nSPS) is 10.9. The maximum atomic E-state index is 12.6. The smallest absolute Gasteiger partial charge is 0.355 e. The molecular formula is C19H23N7O3. The quantitative estimate of drug-likeness (QED) is 0.542. The molecule has 0 saturated heterocycles. The molecule has 0 spiro atoms. The number of amides is 3. The fourth-order valence-electron chi connectivity index (χ4n) is 3.40. The molecule has 1 aromatic rings. The van der Waals surface area contributed by atoms with Crippen molar-refractivity contribution in [1.29, 1.82) is 0 Å². The Morgan fingerprint density at radius 3 is 2.24 bits per heavy atom. The van der Waals surface area contributed by atoms with Crippen molar-refractivity contribution in [3.05, 3.63) is 41.0 Å². The van der Waals surface area contributed by atoms with Gasteiger partial charge in [-0.15, -0.1) is 5.06 Å². The van der Waals surface area contributed by atoms with E-state index in [2.05, 4.69) is 39.8 Å². The first-order valence-electron chi connectivity index (χ1n) is 9.23. The Labute approximate surface area is 167 Å². The van der Waals surface area contributed by atoms with Crippen LogP contribution in [0.25, 0.3) is 11.1 Å². The largest absolute Gasteiger partial charge is 0.398 e. The number of fused-ring (bicyclic) bond motifs is 1. The lowest BCUT2D eigenvalue weighted by Gasteiger charge is -2.17. The summed E-state index contributed by atoms with van der Waals surface area (Å²) in [5.41, 5.74) is 12.3. The summed E-state index contributed by atoms with van der Waals surface area (Å²) in [7, 11) is 1.24. The predicted molar refractivity (Wildman–Crippen MR) is 107 cm³/mol.